The number of rotatable bonds is 2. The predicted octanol–water partition coefficient (Wildman–Crippen LogP) is 0.298. The predicted molar refractivity (Wildman–Crippen MR) is 35.3 cm³/mol. The Balaban J connectivity index is 2.59. The molecule has 10 heavy (non-hydrogen) atoms. The van der Waals surface area contributed by atoms with E-state index in [0.29, 0.717) is 6.54 Å². The van der Waals surface area contributed by atoms with Gasteiger partial charge in [-0.2, -0.15) is 5.06 Å². The summed E-state index contributed by atoms with van der Waals surface area (Å²) in [5.41, 5.74) is 0.806. The van der Waals surface area contributed by atoms with Crippen molar-refractivity contribution >= 4 is 0 Å². The average molecular weight is 139 g/mol. The second-order valence-electron chi connectivity index (χ2n) is 2.02. The summed E-state index contributed by atoms with van der Waals surface area (Å²) in [7, 11) is 1.57. The van der Waals surface area contributed by atoms with E-state index in [4.69, 9.17) is 5.21 Å². The van der Waals surface area contributed by atoms with E-state index in [1.165, 1.54) is 6.33 Å². The molecule has 0 saturated carbocycles. The molecule has 0 saturated heterocycles. The lowest BCUT2D eigenvalue weighted by Gasteiger charge is -2.05. The van der Waals surface area contributed by atoms with Crippen molar-refractivity contribution in [2.45, 2.75) is 6.54 Å². The van der Waals surface area contributed by atoms with Crippen LogP contribution in [-0.4, -0.2) is 27.3 Å². The van der Waals surface area contributed by atoms with Gasteiger partial charge in [-0.15, -0.1) is 0 Å². The van der Waals surface area contributed by atoms with Gasteiger partial charge in [-0.05, 0) is 6.07 Å². The van der Waals surface area contributed by atoms with Crippen molar-refractivity contribution in [1.29, 1.82) is 0 Å². The highest BCUT2D eigenvalue weighted by Crippen LogP contribution is 1.92. The molecule has 0 unspecified atom stereocenters. The number of aromatic nitrogens is 2. The Morgan fingerprint density at radius 1 is 1.70 bits per heavy atom. The molecule has 54 valence electrons. The summed E-state index contributed by atoms with van der Waals surface area (Å²) >= 11 is 0. The van der Waals surface area contributed by atoms with Crippen LogP contribution in [0.2, 0.25) is 0 Å². The van der Waals surface area contributed by atoms with E-state index in [-0.39, 0.29) is 0 Å². The Labute approximate surface area is 59.1 Å². The highest BCUT2D eigenvalue weighted by Gasteiger charge is 1.94. The molecule has 4 nitrogen and oxygen atoms in total. The zero-order valence-corrected chi connectivity index (χ0v) is 5.73. The first-order chi connectivity index (χ1) is 4.79. The van der Waals surface area contributed by atoms with Crippen molar-refractivity contribution in [2.24, 2.45) is 0 Å². The molecule has 4 heteroatoms. The first-order valence-corrected chi connectivity index (χ1v) is 2.94. The second-order valence-corrected chi connectivity index (χ2v) is 2.02. The Bertz CT molecular complexity index is 187. The highest BCUT2D eigenvalue weighted by molar-refractivity contribution is 4.96. The van der Waals surface area contributed by atoms with Gasteiger partial charge in [0, 0.05) is 13.2 Å². The van der Waals surface area contributed by atoms with Gasteiger partial charge in [-0.3, -0.25) is 0 Å². The molecule has 0 aliphatic heterocycles. The molecule has 0 fully saturated rings. The van der Waals surface area contributed by atoms with Crippen LogP contribution in [-0.2, 0) is 6.54 Å². The van der Waals surface area contributed by atoms with Crippen LogP contribution in [0.15, 0.2) is 18.6 Å². The normalized spacial score (nSPS) is 10.3. The number of hydroxylamine groups is 2. The smallest absolute Gasteiger partial charge is 0.115 e. The largest absolute Gasteiger partial charge is 0.314 e. The fourth-order valence-corrected chi connectivity index (χ4v) is 0.646. The summed E-state index contributed by atoms with van der Waals surface area (Å²) in [6.45, 7) is 0.433. The first-order valence-electron chi connectivity index (χ1n) is 2.94. The lowest BCUT2D eigenvalue weighted by atomic mass is 10.4. The Morgan fingerprint density at radius 3 is 3.00 bits per heavy atom. The third-order valence-electron chi connectivity index (χ3n) is 1.03. The van der Waals surface area contributed by atoms with E-state index in [1.54, 1.807) is 19.3 Å². The quantitative estimate of drug-likeness (QED) is 0.598. The topological polar surface area (TPSA) is 49.2 Å². The third-order valence-corrected chi connectivity index (χ3v) is 1.03. The van der Waals surface area contributed by atoms with Gasteiger partial charge in [0.15, 0.2) is 0 Å². The number of nitrogens with zero attached hydrogens (tertiary/aromatic N) is 3. The summed E-state index contributed by atoms with van der Waals surface area (Å²) in [4.78, 5) is 7.65. The Kier molecular flexibility index (Phi) is 2.30. The average Bonchev–Trinajstić information content (AvgIpc) is 1.88. The minimum atomic E-state index is 0.433. The molecule has 1 rings (SSSR count). The maximum Gasteiger partial charge on any atom is 0.115 e. The van der Waals surface area contributed by atoms with Gasteiger partial charge in [0.1, 0.15) is 6.33 Å². The minimum absolute atomic E-state index is 0.433. The van der Waals surface area contributed by atoms with Crippen molar-refractivity contribution in [3.8, 4) is 0 Å². The van der Waals surface area contributed by atoms with Gasteiger partial charge < -0.3 is 5.21 Å². The van der Waals surface area contributed by atoms with Crippen LogP contribution in [0, 0.1) is 0 Å². The summed E-state index contributed by atoms with van der Waals surface area (Å²) < 4.78 is 0. The summed E-state index contributed by atoms with van der Waals surface area (Å²) in [5.74, 6) is 0. The molecular weight excluding hydrogens is 130 g/mol. The van der Waals surface area contributed by atoms with Crippen LogP contribution in [0.3, 0.4) is 0 Å². The van der Waals surface area contributed by atoms with Crippen molar-refractivity contribution in [3.63, 3.8) is 0 Å². The van der Waals surface area contributed by atoms with Gasteiger partial charge in [-0.25, -0.2) is 9.97 Å². The highest BCUT2D eigenvalue weighted by atomic mass is 16.5. The van der Waals surface area contributed by atoms with Gasteiger partial charge in [0.05, 0.1) is 12.2 Å². The van der Waals surface area contributed by atoms with Crippen molar-refractivity contribution in [3.05, 3.63) is 24.3 Å². The van der Waals surface area contributed by atoms with E-state index in [1.807, 2.05) is 0 Å². The van der Waals surface area contributed by atoms with Crippen LogP contribution in [0.5, 0.6) is 0 Å². The zero-order chi connectivity index (χ0) is 7.40. The molecule has 0 bridgehead atoms. The minimum Gasteiger partial charge on any atom is -0.314 e. The monoisotopic (exact) mass is 139 g/mol. The van der Waals surface area contributed by atoms with Crippen LogP contribution >= 0.6 is 0 Å². The molecule has 0 aromatic carbocycles. The Hall–Kier alpha value is -1.00. The first kappa shape index (κ1) is 7.11. The van der Waals surface area contributed by atoms with Crippen LogP contribution in [0.1, 0.15) is 5.69 Å². The third kappa shape index (κ3) is 2.08. The van der Waals surface area contributed by atoms with Crippen molar-refractivity contribution in [1.82, 2.24) is 15.0 Å². The maximum atomic E-state index is 8.78. The van der Waals surface area contributed by atoms with Crippen molar-refractivity contribution in [2.75, 3.05) is 7.05 Å². The number of hydrogen-bond donors (Lipinski definition) is 1. The van der Waals surface area contributed by atoms with Gasteiger partial charge >= 0.3 is 0 Å². The van der Waals surface area contributed by atoms with E-state index < -0.39 is 0 Å². The fourth-order valence-electron chi connectivity index (χ4n) is 0.646. The van der Waals surface area contributed by atoms with Gasteiger partial charge in [-0.1, -0.05) is 0 Å². The molecule has 1 aromatic rings. The van der Waals surface area contributed by atoms with Crippen LogP contribution in [0.25, 0.3) is 0 Å². The molecule has 0 radical (unpaired) electrons. The fraction of sp³-hybridized carbons (Fsp3) is 0.333. The van der Waals surface area contributed by atoms with Gasteiger partial charge in [0.2, 0.25) is 0 Å². The van der Waals surface area contributed by atoms with E-state index in [2.05, 4.69) is 9.97 Å². The summed E-state index contributed by atoms with van der Waals surface area (Å²) in [5, 5.41) is 9.85. The molecule has 0 aliphatic carbocycles. The van der Waals surface area contributed by atoms with Crippen LogP contribution < -0.4 is 0 Å². The van der Waals surface area contributed by atoms with E-state index in [9.17, 15) is 0 Å². The van der Waals surface area contributed by atoms with E-state index in [0.717, 1.165) is 10.8 Å². The maximum absolute atomic E-state index is 8.78. The number of hydrogen-bond acceptors (Lipinski definition) is 4. The van der Waals surface area contributed by atoms with Gasteiger partial charge in [0.25, 0.3) is 0 Å². The second kappa shape index (κ2) is 3.24. The summed E-state index contributed by atoms with van der Waals surface area (Å²) in [6, 6.07) is 1.76. The molecule has 1 heterocycles. The van der Waals surface area contributed by atoms with E-state index >= 15 is 0 Å². The molecule has 0 aliphatic rings. The lowest BCUT2D eigenvalue weighted by molar-refractivity contribution is -0.0740. The molecule has 0 spiro atoms. The molecular formula is C6H9N3O. The molecule has 0 amide bonds. The standard InChI is InChI=1S/C6H9N3O/c1-9(10)4-6-2-3-7-5-8-6/h2-3,5,10H,4H2,1H3. The zero-order valence-electron chi connectivity index (χ0n) is 5.73. The van der Waals surface area contributed by atoms with Crippen molar-refractivity contribution < 1.29 is 5.21 Å². The lowest BCUT2D eigenvalue weighted by Crippen LogP contribution is -2.12. The summed E-state index contributed by atoms with van der Waals surface area (Å²) in [6.07, 6.45) is 3.10. The SMILES string of the molecule is CN(O)Cc1ccncn1. The molecule has 1 N–H and O–H groups in total. The Morgan fingerprint density at radius 2 is 2.50 bits per heavy atom. The molecule has 0 atom stereocenters. The van der Waals surface area contributed by atoms with Crippen LogP contribution in [0.4, 0.5) is 0 Å². The molecule has 1 aromatic heterocycles.